The van der Waals surface area contributed by atoms with Gasteiger partial charge in [0.1, 0.15) is 6.10 Å². The van der Waals surface area contributed by atoms with E-state index in [1.807, 2.05) is 13.8 Å². The monoisotopic (exact) mass is 515 g/mol. The molecule has 4 unspecified atom stereocenters. The van der Waals surface area contributed by atoms with Crippen LogP contribution in [-0.2, 0) is 9.47 Å². The Morgan fingerprint density at radius 2 is 1.84 bits per heavy atom. The molecular weight excluding hydrogens is 462 g/mol. The van der Waals surface area contributed by atoms with E-state index in [1.54, 1.807) is 0 Å². The number of alkyl carbamates (subject to hydrolysis) is 1. The molecule has 1 amide bonds. The molecule has 4 fully saturated rings. The summed E-state index contributed by atoms with van der Waals surface area (Å²) in [4.78, 5) is 11.9. The lowest BCUT2D eigenvalue weighted by atomic mass is 9.44. The van der Waals surface area contributed by atoms with Crippen molar-refractivity contribution >= 4 is 6.09 Å². The van der Waals surface area contributed by atoms with E-state index in [2.05, 4.69) is 33.0 Å². The third-order valence-corrected chi connectivity index (χ3v) is 11.9. The van der Waals surface area contributed by atoms with Crippen LogP contribution in [0.15, 0.2) is 11.3 Å². The number of aliphatic hydroxyl groups excluding tert-OH is 1. The normalized spacial score (nSPS) is 43.4. The lowest BCUT2D eigenvalue weighted by molar-refractivity contribution is -0.124. The lowest BCUT2D eigenvalue weighted by Gasteiger charge is -2.60. The van der Waals surface area contributed by atoms with Gasteiger partial charge in [-0.1, -0.05) is 34.6 Å². The average molecular weight is 516 g/mol. The molecule has 0 aromatic carbocycles. The van der Waals surface area contributed by atoms with Gasteiger partial charge in [-0.2, -0.15) is 0 Å². The Kier molecular flexibility index (Phi) is 7.68. The molecule has 5 heteroatoms. The largest absolute Gasteiger partial charge is 0.494 e. The van der Waals surface area contributed by atoms with Crippen LogP contribution in [0.2, 0.25) is 0 Å². The number of allylic oxidation sites excluding steroid dienone is 1. The van der Waals surface area contributed by atoms with Crippen molar-refractivity contribution in [2.75, 3.05) is 13.2 Å². The van der Waals surface area contributed by atoms with Gasteiger partial charge in [0.15, 0.2) is 0 Å². The van der Waals surface area contributed by atoms with Crippen molar-refractivity contribution in [2.24, 2.45) is 52.3 Å². The molecule has 0 aromatic rings. The first-order valence-electron chi connectivity index (χ1n) is 15.5. The van der Waals surface area contributed by atoms with Gasteiger partial charge < -0.3 is 19.9 Å². The Hall–Kier alpha value is -1.23. The summed E-state index contributed by atoms with van der Waals surface area (Å²) in [6.07, 6.45) is 11.8. The summed E-state index contributed by atoms with van der Waals surface area (Å²) in [5.41, 5.74) is 2.32. The standard InChI is InChI=1S/C32H53NO4/c1-19(2)18-36-30(35)33-17-20(3)7-10-27-21(4)29-28(37-27)16-26-24-9-8-22-15-23(34)11-13-31(22,5)25(24)12-14-32(26,29)6/h19-20,22-26,28-29,34H,7-18H2,1-6H3,(H,33,35)/t20-,22?,23-,24+,25?,26?,28-,29?,31-,32-/m0/s1. The van der Waals surface area contributed by atoms with Gasteiger partial charge in [-0.05, 0) is 117 Å². The third-order valence-electron chi connectivity index (χ3n) is 11.9. The molecule has 1 aliphatic heterocycles. The van der Waals surface area contributed by atoms with Crippen LogP contribution in [-0.4, -0.2) is 36.6 Å². The van der Waals surface area contributed by atoms with Crippen molar-refractivity contribution in [3.05, 3.63) is 11.3 Å². The molecule has 0 saturated heterocycles. The van der Waals surface area contributed by atoms with Crippen molar-refractivity contribution in [3.8, 4) is 0 Å². The second-order valence-corrected chi connectivity index (χ2v) is 14.6. The minimum atomic E-state index is -0.301. The first kappa shape index (κ1) is 27.3. The molecule has 1 heterocycles. The molecule has 10 atom stereocenters. The van der Waals surface area contributed by atoms with E-state index in [9.17, 15) is 9.90 Å². The first-order chi connectivity index (χ1) is 17.5. The second kappa shape index (κ2) is 10.4. The van der Waals surface area contributed by atoms with E-state index in [-0.39, 0.29) is 12.2 Å². The van der Waals surface area contributed by atoms with Crippen LogP contribution in [0.4, 0.5) is 4.79 Å². The summed E-state index contributed by atoms with van der Waals surface area (Å²) in [5.74, 6) is 5.73. The van der Waals surface area contributed by atoms with Crippen LogP contribution in [0, 0.1) is 52.3 Å². The minimum Gasteiger partial charge on any atom is -0.494 e. The van der Waals surface area contributed by atoms with Gasteiger partial charge in [0.25, 0.3) is 0 Å². The van der Waals surface area contributed by atoms with Crippen LogP contribution in [0.3, 0.4) is 0 Å². The molecule has 4 saturated carbocycles. The highest BCUT2D eigenvalue weighted by atomic mass is 16.5. The number of rotatable bonds is 7. The van der Waals surface area contributed by atoms with Gasteiger partial charge in [-0.25, -0.2) is 4.79 Å². The molecule has 210 valence electrons. The van der Waals surface area contributed by atoms with E-state index < -0.39 is 0 Å². The third kappa shape index (κ3) is 4.96. The molecule has 5 aliphatic rings. The number of aliphatic hydroxyl groups is 1. The molecular formula is C32H53NO4. The molecule has 0 spiro atoms. The van der Waals surface area contributed by atoms with Gasteiger partial charge in [0, 0.05) is 18.9 Å². The number of carbonyl (C=O) groups is 1. The van der Waals surface area contributed by atoms with Gasteiger partial charge >= 0.3 is 6.09 Å². The number of nitrogens with one attached hydrogen (secondary N) is 1. The highest BCUT2D eigenvalue weighted by Gasteiger charge is 2.64. The Morgan fingerprint density at radius 3 is 2.59 bits per heavy atom. The van der Waals surface area contributed by atoms with E-state index in [1.165, 1.54) is 49.9 Å². The Labute approximate surface area is 225 Å². The maximum atomic E-state index is 11.9. The first-order valence-corrected chi connectivity index (χ1v) is 15.5. The smallest absolute Gasteiger partial charge is 0.407 e. The van der Waals surface area contributed by atoms with Gasteiger partial charge in [0.05, 0.1) is 18.5 Å². The zero-order chi connectivity index (χ0) is 26.5. The molecule has 0 radical (unpaired) electrons. The van der Waals surface area contributed by atoms with Crippen LogP contribution >= 0.6 is 0 Å². The van der Waals surface area contributed by atoms with Crippen molar-refractivity contribution in [1.29, 1.82) is 0 Å². The number of hydrogen-bond acceptors (Lipinski definition) is 4. The summed E-state index contributed by atoms with van der Waals surface area (Å²) in [5, 5.41) is 13.3. The molecule has 37 heavy (non-hydrogen) atoms. The zero-order valence-electron chi connectivity index (χ0n) is 24.4. The molecule has 0 aromatic heterocycles. The van der Waals surface area contributed by atoms with Crippen LogP contribution < -0.4 is 5.32 Å². The fourth-order valence-electron chi connectivity index (χ4n) is 9.85. The molecule has 2 N–H and O–H groups in total. The SMILES string of the molecule is CC1=C(CC[C@H](C)CNC(=O)OCC(C)C)O[C@H]2CC3[C@@H]4CCC5C[C@@H](O)CC[C@]5(C)C4CC[C@]3(C)C12. The van der Waals surface area contributed by atoms with E-state index in [0.717, 1.165) is 49.4 Å². The molecule has 4 aliphatic carbocycles. The Bertz CT molecular complexity index is 884. The molecule has 0 bridgehead atoms. The topological polar surface area (TPSA) is 67.8 Å². The Morgan fingerprint density at radius 1 is 1.08 bits per heavy atom. The average Bonchev–Trinajstić information content (AvgIpc) is 3.33. The number of hydrogen-bond donors (Lipinski definition) is 2. The predicted octanol–water partition coefficient (Wildman–Crippen LogP) is 7.09. The van der Waals surface area contributed by atoms with E-state index >= 15 is 0 Å². The summed E-state index contributed by atoms with van der Waals surface area (Å²) in [6, 6.07) is 0. The summed E-state index contributed by atoms with van der Waals surface area (Å²) < 4.78 is 12.0. The highest BCUT2D eigenvalue weighted by molar-refractivity contribution is 5.67. The highest BCUT2D eigenvalue weighted by Crippen LogP contribution is 2.69. The van der Waals surface area contributed by atoms with Crippen LogP contribution in [0.1, 0.15) is 106 Å². The number of ether oxygens (including phenoxy) is 2. The van der Waals surface area contributed by atoms with E-state index in [4.69, 9.17) is 9.47 Å². The van der Waals surface area contributed by atoms with Crippen molar-refractivity contribution < 1.29 is 19.4 Å². The maximum absolute atomic E-state index is 11.9. The molecule has 5 nitrogen and oxygen atoms in total. The van der Waals surface area contributed by atoms with Crippen molar-refractivity contribution in [2.45, 2.75) is 118 Å². The molecule has 5 rings (SSSR count). The summed E-state index contributed by atoms with van der Waals surface area (Å²) in [7, 11) is 0. The predicted molar refractivity (Wildman–Crippen MR) is 147 cm³/mol. The second-order valence-electron chi connectivity index (χ2n) is 14.6. The number of amides is 1. The fraction of sp³-hybridized carbons (Fsp3) is 0.906. The van der Waals surface area contributed by atoms with Crippen LogP contribution in [0.25, 0.3) is 0 Å². The van der Waals surface area contributed by atoms with Crippen molar-refractivity contribution in [3.63, 3.8) is 0 Å². The maximum Gasteiger partial charge on any atom is 0.407 e. The summed E-state index contributed by atoms with van der Waals surface area (Å²) in [6.45, 7) is 14.9. The number of carbonyl (C=O) groups excluding carboxylic acids is 1. The minimum absolute atomic E-state index is 0.0638. The van der Waals surface area contributed by atoms with Gasteiger partial charge in [-0.3, -0.25) is 0 Å². The lowest BCUT2D eigenvalue weighted by Crippen LogP contribution is -2.54. The van der Waals surface area contributed by atoms with E-state index in [0.29, 0.717) is 47.8 Å². The van der Waals surface area contributed by atoms with Gasteiger partial charge in [-0.15, -0.1) is 0 Å². The number of fused-ring (bicyclic) bond motifs is 7. The Balaban J connectivity index is 1.19. The quantitative estimate of drug-likeness (QED) is 0.380. The van der Waals surface area contributed by atoms with Crippen molar-refractivity contribution in [1.82, 2.24) is 5.32 Å². The fourth-order valence-corrected chi connectivity index (χ4v) is 9.85. The van der Waals surface area contributed by atoms with Crippen LogP contribution in [0.5, 0.6) is 0 Å². The van der Waals surface area contributed by atoms with Gasteiger partial charge in [0.2, 0.25) is 0 Å². The summed E-state index contributed by atoms with van der Waals surface area (Å²) >= 11 is 0. The zero-order valence-corrected chi connectivity index (χ0v) is 24.4.